The van der Waals surface area contributed by atoms with E-state index in [1.54, 1.807) is 0 Å². The van der Waals surface area contributed by atoms with Gasteiger partial charge in [0, 0.05) is 0 Å². The molecule has 4 heteroatoms. The molecule has 8 heavy (non-hydrogen) atoms. The predicted molar refractivity (Wildman–Crippen MR) is 35.5 cm³/mol. The molecule has 0 amide bonds. The summed E-state index contributed by atoms with van der Waals surface area (Å²) in [4.78, 5) is 0. The molecule has 0 heterocycles. The van der Waals surface area contributed by atoms with E-state index in [1.807, 2.05) is 6.92 Å². The molecule has 0 aromatic heterocycles. The molecule has 0 atom stereocenters. The first kappa shape index (κ1) is 11.2. The second kappa shape index (κ2) is 7.36. The van der Waals surface area contributed by atoms with E-state index in [2.05, 4.69) is 0 Å². The molecule has 0 saturated carbocycles. The third-order valence-corrected chi connectivity index (χ3v) is 0.712. The zero-order chi connectivity index (χ0) is 5.70. The van der Waals surface area contributed by atoms with Crippen LogP contribution in [0.25, 0.3) is 0 Å². The molecule has 0 aliphatic carbocycles. The highest BCUT2D eigenvalue weighted by Crippen LogP contribution is 1.85. The van der Waals surface area contributed by atoms with Gasteiger partial charge in [-0.25, -0.2) is 0 Å². The molecule has 0 aromatic carbocycles. The van der Waals surface area contributed by atoms with Gasteiger partial charge in [-0.05, 0) is 6.42 Å². The van der Waals surface area contributed by atoms with Crippen molar-refractivity contribution < 1.29 is 10.4 Å². The van der Waals surface area contributed by atoms with Gasteiger partial charge in [0.2, 0.25) is 0 Å². The van der Waals surface area contributed by atoms with Crippen LogP contribution in [0.4, 0.5) is 0 Å². The monoisotopic (exact) mass is 185 g/mol. The molecule has 52 valence electrons. The summed E-state index contributed by atoms with van der Waals surface area (Å²) in [6, 6.07) is 0. The Morgan fingerprint density at radius 1 is 1.38 bits per heavy atom. The topological polar surface area (TPSA) is 43.7 Å². The van der Waals surface area contributed by atoms with Crippen molar-refractivity contribution in [2.24, 2.45) is 0 Å². The number of rotatable bonds is 3. The molecular weight excluding hydrogens is 174 g/mol. The number of halogens is 1. The van der Waals surface area contributed by atoms with Gasteiger partial charge in [-0.1, -0.05) is 18.6 Å². The van der Waals surface area contributed by atoms with Gasteiger partial charge in [-0.15, -0.1) is 17.0 Å². The predicted octanol–water partition coefficient (Wildman–Crippen LogP) is 1.44. The van der Waals surface area contributed by atoms with Gasteiger partial charge in [0.1, 0.15) is 0 Å². The minimum absolute atomic E-state index is 0. The SMILES string of the molecule is Br.CCCCN(O)O. The Bertz CT molecular complexity index is 43.0. The lowest BCUT2D eigenvalue weighted by Crippen LogP contribution is -2.14. The zero-order valence-corrected chi connectivity index (χ0v) is 6.58. The van der Waals surface area contributed by atoms with Crippen LogP contribution in [0.5, 0.6) is 0 Å². The van der Waals surface area contributed by atoms with Gasteiger partial charge in [0.05, 0.1) is 6.54 Å². The molecule has 2 N–H and O–H groups in total. The van der Waals surface area contributed by atoms with Gasteiger partial charge in [-0.3, -0.25) is 10.4 Å². The van der Waals surface area contributed by atoms with Crippen LogP contribution in [-0.2, 0) is 0 Å². The number of hydrogen-bond donors (Lipinski definition) is 2. The lowest BCUT2D eigenvalue weighted by Gasteiger charge is -2.01. The van der Waals surface area contributed by atoms with Crippen molar-refractivity contribution in [2.75, 3.05) is 6.54 Å². The van der Waals surface area contributed by atoms with Crippen molar-refractivity contribution in [1.29, 1.82) is 0 Å². The molecule has 3 nitrogen and oxygen atoms in total. The fourth-order valence-corrected chi connectivity index (χ4v) is 0.300. The van der Waals surface area contributed by atoms with Crippen LogP contribution in [0.15, 0.2) is 0 Å². The first-order valence-corrected chi connectivity index (χ1v) is 2.42. The Kier molecular flexibility index (Phi) is 10.3. The number of hydroxylamine groups is 2. The molecule has 0 aliphatic rings. The summed E-state index contributed by atoms with van der Waals surface area (Å²) in [6.07, 6.45) is 1.81. The lowest BCUT2D eigenvalue weighted by molar-refractivity contribution is -0.306. The summed E-state index contributed by atoms with van der Waals surface area (Å²) in [5.74, 6) is 0. The molecular formula is C4H12BrNO2. The van der Waals surface area contributed by atoms with Crippen molar-refractivity contribution >= 4 is 17.0 Å². The summed E-state index contributed by atoms with van der Waals surface area (Å²) in [7, 11) is 0. The van der Waals surface area contributed by atoms with Crippen LogP contribution in [0.3, 0.4) is 0 Å². The van der Waals surface area contributed by atoms with Gasteiger partial charge >= 0.3 is 0 Å². The summed E-state index contributed by atoms with van der Waals surface area (Å²) in [5.41, 5.74) is 0. The highest BCUT2D eigenvalue weighted by atomic mass is 79.9. The van der Waals surface area contributed by atoms with Crippen molar-refractivity contribution in [3.8, 4) is 0 Å². The molecule has 0 rings (SSSR count). The van der Waals surface area contributed by atoms with Crippen LogP contribution in [0.1, 0.15) is 19.8 Å². The molecule has 0 spiro atoms. The number of unbranched alkanes of at least 4 members (excludes halogenated alkanes) is 1. The second-order valence-electron chi connectivity index (χ2n) is 1.45. The summed E-state index contributed by atoms with van der Waals surface area (Å²) in [6.45, 7) is 2.33. The zero-order valence-electron chi connectivity index (χ0n) is 4.87. The van der Waals surface area contributed by atoms with Crippen molar-refractivity contribution in [2.45, 2.75) is 19.8 Å². The number of hydrogen-bond acceptors (Lipinski definition) is 3. The minimum atomic E-state index is 0. The highest BCUT2D eigenvalue weighted by Gasteiger charge is 1.87. The first-order chi connectivity index (χ1) is 3.27. The van der Waals surface area contributed by atoms with Gasteiger partial charge in [-0.2, -0.15) is 0 Å². The Hall–Kier alpha value is 0.360. The summed E-state index contributed by atoms with van der Waals surface area (Å²) in [5, 5.41) is 16.4. The largest absolute Gasteiger partial charge is 0.290 e. The standard InChI is InChI=1S/C4H11NO2.BrH/c1-2-3-4-5(6)7;/h6-7H,2-4H2,1H3;1H. The summed E-state index contributed by atoms with van der Waals surface area (Å²) < 4.78 is 0. The number of nitrogens with zero attached hydrogens (tertiary/aromatic N) is 1. The van der Waals surface area contributed by atoms with Crippen LogP contribution in [0.2, 0.25) is 0 Å². The minimum Gasteiger partial charge on any atom is -0.290 e. The fourth-order valence-electron chi connectivity index (χ4n) is 0.300. The van der Waals surface area contributed by atoms with E-state index in [0.29, 0.717) is 6.54 Å². The molecule has 0 aliphatic heterocycles. The van der Waals surface area contributed by atoms with E-state index in [1.165, 1.54) is 0 Å². The van der Waals surface area contributed by atoms with Gasteiger partial charge < -0.3 is 0 Å². The van der Waals surface area contributed by atoms with E-state index in [4.69, 9.17) is 10.4 Å². The third-order valence-electron chi connectivity index (χ3n) is 0.712. The van der Waals surface area contributed by atoms with Crippen LogP contribution >= 0.6 is 17.0 Å². The fraction of sp³-hybridized carbons (Fsp3) is 1.00. The van der Waals surface area contributed by atoms with E-state index in [-0.39, 0.29) is 22.2 Å². The Morgan fingerprint density at radius 3 is 2.00 bits per heavy atom. The van der Waals surface area contributed by atoms with Crippen LogP contribution in [0, 0.1) is 0 Å². The smallest absolute Gasteiger partial charge is 0.0512 e. The second-order valence-corrected chi connectivity index (χ2v) is 1.45. The van der Waals surface area contributed by atoms with Crippen LogP contribution < -0.4 is 0 Å². The quantitative estimate of drug-likeness (QED) is 0.655. The molecule has 0 saturated heterocycles. The average molecular weight is 186 g/mol. The lowest BCUT2D eigenvalue weighted by atomic mass is 10.3. The Labute approximate surface area is 59.6 Å². The Balaban J connectivity index is 0. The molecule has 0 radical (unpaired) electrons. The summed E-state index contributed by atoms with van der Waals surface area (Å²) >= 11 is 0. The molecule has 0 fully saturated rings. The first-order valence-electron chi connectivity index (χ1n) is 2.42. The normalized spacial score (nSPS) is 9.00. The highest BCUT2D eigenvalue weighted by molar-refractivity contribution is 8.93. The third kappa shape index (κ3) is 9.61. The van der Waals surface area contributed by atoms with E-state index >= 15 is 0 Å². The van der Waals surface area contributed by atoms with E-state index in [0.717, 1.165) is 12.8 Å². The maximum absolute atomic E-state index is 8.07. The van der Waals surface area contributed by atoms with E-state index < -0.39 is 0 Å². The van der Waals surface area contributed by atoms with Crippen molar-refractivity contribution in [1.82, 2.24) is 5.23 Å². The molecule has 0 unspecified atom stereocenters. The van der Waals surface area contributed by atoms with Crippen LogP contribution in [-0.4, -0.2) is 22.2 Å². The maximum Gasteiger partial charge on any atom is 0.0512 e. The average Bonchev–Trinajstić information content (AvgIpc) is 1.61. The van der Waals surface area contributed by atoms with Gasteiger partial charge in [0.15, 0.2) is 0 Å². The Morgan fingerprint density at radius 2 is 1.88 bits per heavy atom. The van der Waals surface area contributed by atoms with Crippen molar-refractivity contribution in [3.05, 3.63) is 0 Å². The molecule has 0 aromatic rings. The van der Waals surface area contributed by atoms with Crippen molar-refractivity contribution in [3.63, 3.8) is 0 Å². The van der Waals surface area contributed by atoms with E-state index in [9.17, 15) is 0 Å². The van der Waals surface area contributed by atoms with Gasteiger partial charge in [0.25, 0.3) is 0 Å². The molecule has 0 bridgehead atoms. The maximum atomic E-state index is 8.07.